The fraction of sp³-hybridized carbons (Fsp3) is 0.625. The molecule has 0 radical (unpaired) electrons. The van der Waals surface area contributed by atoms with E-state index in [4.69, 9.17) is 0 Å². The third-order valence-corrected chi connectivity index (χ3v) is 4.90. The second-order valence-electron chi connectivity index (χ2n) is 6.00. The van der Waals surface area contributed by atoms with Gasteiger partial charge in [-0.25, -0.2) is 0 Å². The zero-order chi connectivity index (χ0) is 13.7. The lowest BCUT2D eigenvalue weighted by Crippen LogP contribution is -2.42. The Bertz CT molecular complexity index is 374. The van der Waals surface area contributed by atoms with Crippen LogP contribution in [0.1, 0.15) is 38.3 Å². The topological polar surface area (TPSA) is 32.3 Å². The van der Waals surface area contributed by atoms with E-state index in [-0.39, 0.29) is 0 Å². The van der Waals surface area contributed by atoms with Crippen LogP contribution in [-0.2, 0) is 0 Å². The summed E-state index contributed by atoms with van der Waals surface area (Å²) in [5.41, 5.74) is 0.819. The summed E-state index contributed by atoms with van der Waals surface area (Å²) >= 11 is 1.85. The van der Waals surface area contributed by atoms with E-state index in [1.807, 2.05) is 11.8 Å². The Labute approximate surface area is 121 Å². The van der Waals surface area contributed by atoms with Crippen molar-refractivity contribution in [1.29, 1.82) is 0 Å². The second-order valence-corrected chi connectivity index (χ2v) is 7.11. The van der Waals surface area contributed by atoms with Crippen LogP contribution in [-0.4, -0.2) is 28.8 Å². The highest BCUT2D eigenvalue weighted by molar-refractivity contribution is 7.99. The Kier molecular flexibility index (Phi) is 5.31. The van der Waals surface area contributed by atoms with E-state index in [2.05, 4.69) is 49.5 Å². The molecule has 2 nitrogen and oxygen atoms in total. The van der Waals surface area contributed by atoms with Crippen molar-refractivity contribution < 1.29 is 5.11 Å². The zero-order valence-corrected chi connectivity index (χ0v) is 12.7. The Hall–Kier alpha value is -0.510. The van der Waals surface area contributed by atoms with Crippen LogP contribution in [0.4, 0.5) is 0 Å². The van der Waals surface area contributed by atoms with Crippen LogP contribution in [0.2, 0.25) is 0 Å². The molecule has 0 bridgehead atoms. The fourth-order valence-electron chi connectivity index (χ4n) is 2.54. The third kappa shape index (κ3) is 4.51. The van der Waals surface area contributed by atoms with Crippen LogP contribution >= 0.6 is 11.8 Å². The normalized spacial score (nSPS) is 24.8. The van der Waals surface area contributed by atoms with Crippen molar-refractivity contribution in [2.75, 3.05) is 18.1 Å². The average molecular weight is 279 g/mol. The van der Waals surface area contributed by atoms with Gasteiger partial charge >= 0.3 is 0 Å². The van der Waals surface area contributed by atoms with Gasteiger partial charge in [-0.15, -0.1) is 0 Å². The van der Waals surface area contributed by atoms with Crippen molar-refractivity contribution in [3.63, 3.8) is 0 Å². The van der Waals surface area contributed by atoms with E-state index in [0.29, 0.717) is 18.5 Å². The first-order valence-electron chi connectivity index (χ1n) is 7.17. The molecule has 0 saturated carbocycles. The Morgan fingerprint density at radius 2 is 2.05 bits per heavy atom. The van der Waals surface area contributed by atoms with E-state index in [9.17, 15) is 5.11 Å². The molecule has 1 aromatic carbocycles. The van der Waals surface area contributed by atoms with Gasteiger partial charge in [0.25, 0.3) is 0 Å². The Morgan fingerprint density at radius 1 is 1.32 bits per heavy atom. The summed E-state index contributed by atoms with van der Waals surface area (Å²) < 4.78 is 0. The highest BCUT2D eigenvalue weighted by Crippen LogP contribution is 2.29. The maximum absolute atomic E-state index is 10.4. The molecule has 2 atom stereocenters. The fourth-order valence-corrected chi connectivity index (χ4v) is 3.84. The summed E-state index contributed by atoms with van der Waals surface area (Å²) in [6, 6.07) is 10.9. The lowest BCUT2D eigenvalue weighted by atomic mass is 9.95. The van der Waals surface area contributed by atoms with Gasteiger partial charge in [0.15, 0.2) is 0 Å². The minimum absolute atomic E-state index is 0.343. The molecule has 2 N–H and O–H groups in total. The molecule has 1 aliphatic heterocycles. The van der Waals surface area contributed by atoms with E-state index in [0.717, 1.165) is 24.3 Å². The predicted molar refractivity (Wildman–Crippen MR) is 83.5 cm³/mol. The molecule has 1 fully saturated rings. The predicted octanol–water partition coefficient (Wildman–Crippen LogP) is 3.23. The molecule has 1 aliphatic rings. The van der Waals surface area contributed by atoms with E-state index < -0.39 is 5.60 Å². The largest absolute Gasteiger partial charge is 0.388 e. The van der Waals surface area contributed by atoms with Crippen molar-refractivity contribution in [1.82, 2.24) is 5.32 Å². The van der Waals surface area contributed by atoms with E-state index in [1.165, 1.54) is 5.56 Å². The molecular formula is C16H25NOS. The van der Waals surface area contributed by atoms with Crippen molar-refractivity contribution >= 4 is 11.8 Å². The molecule has 1 saturated heterocycles. The molecule has 19 heavy (non-hydrogen) atoms. The first-order valence-corrected chi connectivity index (χ1v) is 8.33. The van der Waals surface area contributed by atoms with Crippen LogP contribution in [0, 0.1) is 5.92 Å². The van der Waals surface area contributed by atoms with Crippen molar-refractivity contribution in [3.8, 4) is 0 Å². The van der Waals surface area contributed by atoms with Gasteiger partial charge in [-0.1, -0.05) is 44.2 Å². The molecule has 0 aliphatic carbocycles. The number of nitrogens with one attached hydrogen (secondary N) is 1. The van der Waals surface area contributed by atoms with Crippen molar-refractivity contribution in [2.45, 2.75) is 38.3 Å². The first-order chi connectivity index (χ1) is 9.09. The average Bonchev–Trinajstić information content (AvgIpc) is 2.83. The second kappa shape index (κ2) is 6.78. The SMILES string of the molecule is CC(C)CC(NCC1(O)CCSC1)c1ccccc1. The summed E-state index contributed by atoms with van der Waals surface area (Å²) in [4.78, 5) is 0. The molecule has 106 valence electrons. The quantitative estimate of drug-likeness (QED) is 0.838. The molecule has 0 aromatic heterocycles. The molecule has 0 amide bonds. The van der Waals surface area contributed by atoms with Crippen LogP contribution in [0.3, 0.4) is 0 Å². The van der Waals surface area contributed by atoms with E-state index in [1.54, 1.807) is 0 Å². The van der Waals surface area contributed by atoms with Gasteiger partial charge in [0.05, 0.1) is 5.60 Å². The molecule has 2 unspecified atom stereocenters. The molecule has 0 spiro atoms. The summed E-state index contributed by atoms with van der Waals surface area (Å²) in [5, 5.41) is 14.0. The molecule has 1 aromatic rings. The molecule has 2 rings (SSSR count). The number of aliphatic hydroxyl groups is 1. The highest BCUT2D eigenvalue weighted by Gasteiger charge is 2.32. The van der Waals surface area contributed by atoms with Crippen LogP contribution in [0.5, 0.6) is 0 Å². The third-order valence-electron chi connectivity index (χ3n) is 3.67. The number of rotatable bonds is 6. The molecule has 3 heteroatoms. The Balaban J connectivity index is 1.98. The minimum Gasteiger partial charge on any atom is -0.388 e. The zero-order valence-electron chi connectivity index (χ0n) is 11.9. The maximum atomic E-state index is 10.4. The van der Waals surface area contributed by atoms with Gasteiger partial charge in [0, 0.05) is 18.3 Å². The van der Waals surface area contributed by atoms with Gasteiger partial charge < -0.3 is 10.4 Å². The van der Waals surface area contributed by atoms with Crippen LogP contribution in [0.15, 0.2) is 30.3 Å². The maximum Gasteiger partial charge on any atom is 0.0869 e. The number of hydrogen-bond acceptors (Lipinski definition) is 3. The lowest BCUT2D eigenvalue weighted by Gasteiger charge is -2.27. The highest BCUT2D eigenvalue weighted by atomic mass is 32.2. The van der Waals surface area contributed by atoms with Gasteiger partial charge in [-0.2, -0.15) is 11.8 Å². The Morgan fingerprint density at radius 3 is 2.63 bits per heavy atom. The molecular weight excluding hydrogens is 254 g/mol. The van der Waals surface area contributed by atoms with Crippen molar-refractivity contribution in [3.05, 3.63) is 35.9 Å². The minimum atomic E-state index is -0.505. The molecule has 1 heterocycles. The number of hydrogen-bond donors (Lipinski definition) is 2. The summed E-state index contributed by atoms with van der Waals surface area (Å²) in [6.07, 6.45) is 2.01. The summed E-state index contributed by atoms with van der Waals surface area (Å²) in [6.45, 7) is 5.20. The van der Waals surface area contributed by atoms with Gasteiger partial charge in [-0.05, 0) is 30.1 Å². The van der Waals surface area contributed by atoms with E-state index >= 15 is 0 Å². The summed E-state index contributed by atoms with van der Waals surface area (Å²) in [7, 11) is 0. The van der Waals surface area contributed by atoms with Gasteiger partial charge in [0.1, 0.15) is 0 Å². The number of thioether (sulfide) groups is 1. The van der Waals surface area contributed by atoms with Gasteiger partial charge in [0.2, 0.25) is 0 Å². The van der Waals surface area contributed by atoms with Crippen LogP contribution in [0.25, 0.3) is 0 Å². The van der Waals surface area contributed by atoms with Crippen molar-refractivity contribution in [2.24, 2.45) is 5.92 Å². The monoisotopic (exact) mass is 279 g/mol. The number of benzene rings is 1. The van der Waals surface area contributed by atoms with Crippen LogP contribution < -0.4 is 5.32 Å². The van der Waals surface area contributed by atoms with Gasteiger partial charge in [-0.3, -0.25) is 0 Å². The lowest BCUT2D eigenvalue weighted by molar-refractivity contribution is 0.0636. The standard InChI is InChI=1S/C16H25NOS/c1-13(2)10-15(14-6-4-3-5-7-14)17-11-16(18)8-9-19-12-16/h3-7,13,15,17-18H,8-12H2,1-2H3. The summed E-state index contributed by atoms with van der Waals surface area (Å²) in [5.74, 6) is 2.59. The first kappa shape index (κ1) is 14.9. The smallest absolute Gasteiger partial charge is 0.0869 e.